The van der Waals surface area contributed by atoms with Gasteiger partial charge >= 0.3 is 7.69 Å². The third kappa shape index (κ3) is 4.45. The maximum absolute atomic E-state index is 8.17. The highest BCUT2D eigenvalue weighted by molar-refractivity contribution is 6.17. The molecule has 2 nitrogen and oxygen atoms in total. The summed E-state index contributed by atoms with van der Waals surface area (Å²) in [6, 6.07) is 9.06. The van der Waals surface area contributed by atoms with Crippen molar-refractivity contribution in [2.45, 2.75) is 13.8 Å². The highest BCUT2D eigenvalue weighted by Gasteiger charge is 1.88. The van der Waals surface area contributed by atoms with Crippen LogP contribution in [0.1, 0.15) is 13.8 Å². The van der Waals surface area contributed by atoms with Crippen molar-refractivity contribution in [2.75, 3.05) is 0 Å². The van der Waals surface area contributed by atoms with Crippen LogP contribution in [0.15, 0.2) is 30.3 Å². The van der Waals surface area contributed by atoms with E-state index in [1.54, 1.807) is 12.1 Å². The van der Waals surface area contributed by atoms with Crippen LogP contribution in [0.25, 0.3) is 0 Å². The van der Waals surface area contributed by atoms with E-state index in [1.807, 2.05) is 32.0 Å². The van der Waals surface area contributed by atoms with Crippen molar-refractivity contribution >= 4 is 7.69 Å². The molecule has 0 atom stereocenters. The summed E-state index contributed by atoms with van der Waals surface area (Å²) in [5, 5.41) is 8.17. The van der Waals surface area contributed by atoms with E-state index in [9.17, 15) is 0 Å². The molecular weight excluding hydrogens is 139 g/mol. The third-order valence-corrected chi connectivity index (χ3v) is 0.932. The van der Waals surface area contributed by atoms with Crippen molar-refractivity contribution in [3.05, 3.63) is 30.3 Å². The molecule has 0 aliphatic carbocycles. The van der Waals surface area contributed by atoms with E-state index in [0.29, 0.717) is 13.4 Å². The molecule has 0 amide bonds. The van der Waals surface area contributed by atoms with Crippen LogP contribution in [0.5, 0.6) is 5.75 Å². The van der Waals surface area contributed by atoms with Gasteiger partial charge in [0.1, 0.15) is 0 Å². The molecule has 0 saturated carbocycles. The van der Waals surface area contributed by atoms with Crippen molar-refractivity contribution in [2.24, 2.45) is 0 Å². The van der Waals surface area contributed by atoms with Gasteiger partial charge in [-0.3, -0.25) is 0 Å². The quantitative estimate of drug-likeness (QED) is 0.650. The first-order valence-electron chi connectivity index (χ1n) is 3.61. The maximum Gasteiger partial charge on any atom is 0.569 e. The zero-order valence-corrected chi connectivity index (χ0v) is 6.82. The Hall–Kier alpha value is -0.955. The number of benzene rings is 1. The Labute approximate surface area is 68.1 Å². The van der Waals surface area contributed by atoms with Crippen molar-refractivity contribution in [1.29, 1.82) is 0 Å². The van der Waals surface area contributed by atoms with E-state index in [-0.39, 0.29) is 0 Å². The monoisotopic (exact) mass is 151 g/mol. The third-order valence-electron chi connectivity index (χ3n) is 0.932. The van der Waals surface area contributed by atoms with E-state index < -0.39 is 0 Å². The molecule has 0 aromatic heterocycles. The number of rotatable bonds is 2. The summed E-state index contributed by atoms with van der Waals surface area (Å²) in [6.45, 7) is 4.00. The largest absolute Gasteiger partial charge is 0.569 e. The SMILES string of the molecule is CC.O[B]Oc1ccccc1. The Morgan fingerprint density at radius 1 is 1.18 bits per heavy atom. The number of hydrogen-bond donors (Lipinski definition) is 1. The van der Waals surface area contributed by atoms with Gasteiger partial charge in [0.15, 0.2) is 0 Å². The normalized spacial score (nSPS) is 7.55. The fourth-order valence-electron chi connectivity index (χ4n) is 0.560. The Morgan fingerprint density at radius 2 is 1.73 bits per heavy atom. The second kappa shape index (κ2) is 7.16. The van der Waals surface area contributed by atoms with Gasteiger partial charge in [-0.25, -0.2) is 0 Å². The van der Waals surface area contributed by atoms with Crippen LogP contribution in [0.3, 0.4) is 0 Å². The van der Waals surface area contributed by atoms with Crippen LogP contribution in [-0.4, -0.2) is 12.7 Å². The molecule has 1 aromatic carbocycles. The second-order valence-corrected chi connectivity index (χ2v) is 1.54. The Kier molecular flexibility index (Phi) is 6.53. The molecule has 3 heteroatoms. The van der Waals surface area contributed by atoms with Gasteiger partial charge in [-0.05, 0) is 12.1 Å². The van der Waals surface area contributed by atoms with E-state index in [4.69, 9.17) is 5.02 Å². The topological polar surface area (TPSA) is 29.5 Å². The highest BCUT2D eigenvalue weighted by atomic mass is 16.5. The van der Waals surface area contributed by atoms with Crippen LogP contribution in [-0.2, 0) is 0 Å². The molecule has 0 unspecified atom stereocenters. The lowest BCUT2D eigenvalue weighted by atomic mass is 10.3. The summed E-state index contributed by atoms with van der Waals surface area (Å²) in [5.41, 5.74) is 0. The molecule has 0 bridgehead atoms. The zero-order valence-electron chi connectivity index (χ0n) is 6.82. The fraction of sp³-hybridized carbons (Fsp3) is 0.250. The summed E-state index contributed by atoms with van der Waals surface area (Å²) < 4.78 is 4.64. The van der Waals surface area contributed by atoms with Gasteiger partial charge in [-0.15, -0.1) is 0 Å². The van der Waals surface area contributed by atoms with Gasteiger partial charge < -0.3 is 9.68 Å². The minimum atomic E-state index is 0.639. The highest BCUT2D eigenvalue weighted by Crippen LogP contribution is 2.06. The summed E-state index contributed by atoms with van der Waals surface area (Å²) >= 11 is 0. The average Bonchev–Trinajstić information content (AvgIpc) is 2.11. The summed E-state index contributed by atoms with van der Waals surface area (Å²) in [5.74, 6) is 0.639. The van der Waals surface area contributed by atoms with Gasteiger partial charge in [0, 0.05) is 0 Å². The molecule has 1 radical (unpaired) electrons. The van der Waals surface area contributed by atoms with Gasteiger partial charge in [0.05, 0.1) is 5.75 Å². The number of para-hydroxylation sites is 1. The predicted octanol–water partition coefficient (Wildman–Crippen LogP) is 1.62. The summed E-state index contributed by atoms with van der Waals surface area (Å²) in [7, 11) is 0.662. The Balaban J connectivity index is 0.000000461. The molecular formula is C8H12BO2. The minimum Gasteiger partial charge on any atom is -0.537 e. The van der Waals surface area contributed by atoms with Crippen LogP contribution in [0.2, 0.25) is 0 Å². The first-order valence-corrected chi connectivity index (χ1v) is 3.61. The summed E-state index contributed by atoms with van der Waals surface area (Å²) in [4.78, 5) is 0. The molecule has 0 aliphatic heterocycles. The lowest BCUT2D eigenvalue weighted by molar-refractivity contribution is 0.454. The molecule has 1 aromatic rings. The lowest BCUT2D eigenvalue weighted by Gasteiger charge is -1.97. The molecule has 1 N–H and O–H groups in total. The van der Waals surface area contributed by atoms with Crippen molar-refractivity contribution in [3.8, 4) is 5.75 Å². The second-order valence-electron chi connectivity index (χ2n) is 1.54. The maximum atomic E-state index is 8.17. The van der Waals surface area contributed by atoms with Gasteiger partial charge in [0.2, 0.25) is 0 Å². The van der Waals surface area contributed by atoms with Crippen molar-refractivity contribution < 1.29 is 9.68 Å². The Bertz CT molecular complexity index is 165. The Morgan fingerprint density at radius 3 is 2.18 bits per heavy atom. The average molecular weight is 151 g/mol. The number of hydrogen-bond acceptors (Lipinski definition) is 2. The van der Waals surface area contributed by atoms with E-state index >= 15 is 0 Å². The van der Waals surface area contributed by atoms with Crippen LogP contribution >= 0.6 is 0 Å². The van der Waals surface area contributed by atoms with E-state index in [0.717, 1.165) is 0 Å². The molecule has 0 fully saturated rings. The first kappa shape index (κ1) is 10.0. The fourth-order valence-corrected chi connectivity index (χ4v) is 0.560. The van der Waals surface area contributed by atoms with Gasteiger partial charge in [-0.2, -0.15) is 0 Å². The smallest absolute Gasteiger partial charge is 0.537 e. The molecule has 0 aliphatic rings. The molecule has 11 heavy (non-hydrogen) atoms. The van der Waals surface area contributed by atoms with Crippen LogP contribution in [0, 0.1) is 0 Å². The lowest BCUT2D eigenvalue weighted by Crippen LogP contribution is -1.98. The van der Waals surface area contributed by atoms with Gasteiger partial charge in [0.25, 0.3) is 0 Å². The molecule has 59 valence electrons. The molecule has 0 heterocycles. The molecule has 1 rings (SSSR count). The molecule has 0 spiro atoms. The van der Waals surface area contributed by atoms with Crippen LogP contribution < -0.4 is 4.65 Å². The molecule has 0 saturated heterocycles. The van der Waals surface area contributed by atoms with Crippen molar-refractivity contribution in [1.82, 2.24) is 0 Å². The van der Waals surface area contributed by atoms with E-state index in [2.05, 4.69) is 4.65 Å². The van der Waals surface area contributed by atoms with Crippen LogP contribution in [0.4, 0.5) is 0 Å². The predicted molar refractivity (Wildman–Crippen MR) is 46.4 cm³/mol. The first-order chi connectivity index (χ1) is 5.43. The van der Waals surface area contributed by atoms with Gasteiger partial charge in [-0.1, -0.05) is 32.0 Å². The minimum absolute atomic E-state index is 0.639. The van der Waals surface area contributed by atoms with Crippen molar-refractivity contribution in [3.63, 3.8) is 0 Å². The van der Waals surface area contributed by atoms with E-state index in [1.165, 1.54) is 0 Å². The zero-order chi connectivity index (χ0) is 8.53. The summed E-state index contributed by atoms with van der Waals surface area (Å²) in [6.07, 6.45) is 0. The standard InChI is InChI=1S/C6H6BO2.C2H6/c8-7-9-6-4-2-1-3-5-6;1-2/h1-5,8H;1-2H3.